The van der Waals surface area contributed by atoms with E-state index in [1.165, 1.54) is 6.33 Å². The van der Waals surface area contributed by atoms with Crippen LogP contribution in [0.15, 0.2) is 6.33 Å². The molecular formula is C14H22FN3O. The molecule has 0 aromatic carbocycles. The molecule has 1 fully saturated rings. The van der Waals surface area contributed by atoms with Crippen molar-refractivity contribution in [1.29, 1.82) is 0 Å². The van der Waals surface area contributed by atoms with Gasteiger partial charge in [0, 0.05) is 6.54 Å². The maximum absolute atomic E-state index is 13.7. The molecule has 1 heterocycles. The summed E-state index contributed by atoms with van der Waals surface area (Å²) in [6.07, 6.45) is 4.76. The molecule has 2 rings (SSSR count). The third-order valence-corrected chi connectivity index (χ3v) is 4.08. The molecule has 1 aromatic rings. The van der Waals surface area contributed by atoms with Gasteiger partial charge in [0.2, 0.25) is 0 Å². The van der Waals surface area contributed by atoms with Gasteiger partial charge in [-0.15, -0.1) is 0 Å². The van der Waals surface area contributed by atoms with Crippen LogP contribution in [0.2, 0.25) is 0 Å². The van der Waals surface area contributed by atoms with Crippen LogP contribution in [0.4, 0.5) is 10.2 Å². The molecule has 1 aliphatic rings. The Morgan fingerprint density at radius 1 is 1.26 bits per heavy atom. The van der Waals surface area contributed by atoms with E-state index in [0.717, 1.165) is 25.7 Å². The number of nitrogens with zero attached hydrogens (tertiary/aromatic N) is 2. The van der Waals surface area contributed by atoms with Crippen LogP contribution in [0.1, 0.15) is 45.2 Å². The summed E-state index contributed by atoms with van der Waals surface area (Å²) in [5.41, 5.74) is -0.154. The second kappa shape index (κ2) is 5.04. The average molecular weight is 267 g/mol. The number of aryl methyl sites for hydroxylation is 1. The van der Waals surface area contributed by atoms with Gasteiger partial charge in [-0.05, 0) is 38.0 Å². The monoisotopic (exact) mass is 267 g/mol. The number of hydrogen-bond acceptors (Lipinski definition) is 4. The zero-order valence-electron chi connectivity index (χ0n) is 11.8. The summed E-state index contributed by atoms with van der Waals surface area (Å²) in [6.45, 7) is 6.36. The largest absolute Gasteiger partial charge is 0.388 e. The molecule has 2 N–H and O–H groups in total. The van der Waals surface area contributed by atoms with Gasteiger partial charge in [-0.3, -0.25) is 0 Å². The molecule has 0 amide bonds. The lowest BCUT2D eigenvalue weighted by molar-refractivity contribution is -0.0146. The summed E-state index contributed by atoms with van der Waals surface area (Å²) in [4.78, 5) is 7.66. The van der Waals surface area contributed by atoms with E-state index in [-0.39, 0.29) is 5.82 Å². The fraction of sp³-hybridized carbons (Fsp3) is 0.714. The van der Waals surface area contributed by atoms with Crippen LogP contribution in [0, 0.1) is 18.2 Å². The molecule has 0 aliphatic heterocycles. The average Bonchev–Trinajstić information content (AvgIpc) is 2.36. The summed E-state index contributed by atoms with van der Waals surface area (Å²) in [5, 5.41) is 13.4. The van der Waals surface area contributed by atoms with Crippen molar-refractivity contribution in [2.24, 2.45) is 5.41 Å². The van der Waals surface area contributed by atoms with Gasteiger partial charge in [-0.25, -0.2) is 14.4 Å². The molecule has 1 aliphatic carbocycles. The van der Waals surface area contributed by atoms with E-state index >= 15 is 0 Å². The Hall–Kier alpha value is -1.23. The van der Waals surface area contributed by atoms with Gasteiger partial charge in [-0.2, -0.15) is 0 Å². The van der Waals surface area contributed by atoms with Crippen LogP contribution in [-0.2, 0) is 0 Å². The SMILES string of the molecule is Cc1ncnc(NCC2(O)CCC(C)(C)CC2)c1F. The Balaban J connectivity index is 1.97. The zero-order valence-corrected chi connectivity index (χ0v) is 11.8. The lowest BCUT2D eigenvalue weighted by atomic mass is 9.71. The lowest BCUT2D eigenvalue weighted by Gasteiger charge is -2.40. The summed E-state index contributed by atoms with van der Waals surface area (Å²) in [5.74, 6) is -0.270. The highest BCUT2D eigenvalue weighted by molar-refractivity contribution is 5.37. The minimum atomic E-state index is -0.763. The Morgan fingerprint density at radius 2 is 1.89 bits per heavy atom. The summed E-state index contributed by atoms with van der Waals surface area (Å²) in [6, 6.07) is 0. The van der Waals surface area contributed by atoms with Crippen molar-refractivity contribution in [3.8, 4) is 0 Å². The van der Waals surface area contributed by atoms with Gasteiger partial charge in [0.05, 0.1) is 11.3 Å². The molecular weight excluding hydrogens is 245 g/mol. The van der Waals surface area contributed by atoms with Gasteiger partial charge in [0.25, 0.3) is 0 Å². The van der Waals surface area contributed by atoms with Crippen molar-refractivity contribution < 1.29 is 9.50 Å². The first-order valence-electron chi connectivity index (χ1n) is 6.75. The van der Waals surface area contributed by atoms with Crippen LogP contribution >= 0.6 is 0 Å². The molecule has 106 valence electrons. The van der Waals surface area contributed by atoms with Crippen LogP contribution in [0.5, 0.6) is 0 Å². The normalized spacial score (nSPS) is 21.1. The maximum atomic E-state index is 13.7. The fourth-order valence-corrected chi connectivity index (χ4v) is 2.40. The van der Waals surface area contributed by atoms with E-state index in [0.29, 0.717) is 17.7 Å². The van der Waals surface area contributed by atoms with E-state index in [9.17, 15) is 9.50 Å². The summed E-state index contributed by atoms with van der Waals surface area (Å²) < 4.78 is 13.7. The molecule has 0 saturated heterocycles. The highest BCUT2D eigenvalue weighted by atomic mass is 19.1. The quantitative estimate of drug-likeness (QED) is 0.884. The number of halogens is 1. The third kappa shape index (κ3) is 3.41. The topological polar surface area (TPSA) is 58.0 Å². The number of aliphatic hydroxyl groups is 1. The van der Waals surface area contributed by atoms with E-state index < -0.39 is 11.4 Å². The van der Waals surface area contributed by atoms with E-state index in [1.54, 1.807) is 6.92 Å². The smallest absolute Gasteiger partial charge is 0.186 e. The molecule has 0 bridgehead atoms. The minimum absolute atomic E-state index is 0.172. The maximum Gasteiger partial charge on any atom is 0.186 e. The van der Waals surface area contributed by atoms with Crippen molar-refractivity contribution >= 4 is 5.82 Å². The molecule has 0 spiro atoms. The van der Waals surface area contributed by atoms with Crippen LogP contribution in [0.25, 0.3) is 0 Å². The van der Waals surface area contributed by atoms with E-state index in [2.05, 4.69) is 29.1 Å². The minimum Gasteiger partial charge on any atom is -0.388 e. The standard InChI is InChI=1S/C14H22FN3O/c1-10-11(15)12(18-9-17-10)16-8-14(19)6-4-13(2,3)5-7-14/h9,19H,4-8H2,1-3H3,(H,16,17,18). The molecule has 5 heteroatoms. The van der Waals surface area contributed by atoms with Crippen molar-refractivity contribution in [2.75, 3.05) is 11.9 Å². The van der Waals surface area contributed by atoms with Gasteiger partial charge in [-0.1, -0.05) is 13.8 Å². The second-order valence-corrected chi connectivity index (χ2v) is 6.36. The second-order valence-electron chi connectivity index (χ2n) is 6.36. The zero-order chi connectivity index (χ0) is 14.1. The Bertz CT molecular complexity index is 452. The predicted octanol–water partition coefficient (Wildman–Crippen LogP) is 2.67. The number of nitrogens with one attached hydrogen (secondary N) is 1. The fourth-order valence-electron chi connectivity index (χ4n) is 2.40. The highest BCUT2D eigenvalue weighted by Gasteiger charge is 2.36. The van der Waals surface area contributed by atoms with Gasteiger partial charge in [0.15, 0.2) is 11.6 Å². The first-order valence-corrected chi connectivity index (χ1v) is 6.75. The first kappa shape index (κ1) is 14.2. The van der Waals surface area contributed by atoms with E-state index in [4.69, 9.17) is 0 Å². The number of anilines is 1. The molecule has 1 aromatic heterocycles. The Labute approximate surface area is 113 Å². The van der Waals surface area contributed by atoms with E-state index in [1.807, 2.05) is 0 Å². The summed E-state index contributed by atoms with van der Waals surface area (Å²) >= 11 is 0. The first-order chi connectivity index (χ1) is 8.81. The van der Waals surface area contributed by atoms with Crippen molar-refractivity contribution in [3.05, 3.63) is 17.8 Å². The van der Waals surface area contributed by atoms with Gasteiger partial charge >= 0.3 is 0 Å². The Kier molecular flexibility index (Phi) is 3.76. The predicted molar refractivity (Wildman–Crippen MR) is 72.4 cm³/mol. The van der Waals surface area contributed by atoms with Crippen molar-refractivity contribution in [1.82, 2.24) is 9.97 Å². The highest BCUT2D eigenvalue weighted by Crippen LogP contribution is 2.40. The van der Waals surface area contributed by atoms with Crippen molar-refractivity contribution in [3.63, 3.8) is 0 Å². The Morgan fingerprint density at radius 3 is 2.53 bits per heavy atom. The lowest BCUT2D eigenvalue weighted by Crippen LogP contribution is -2.42. The van der Waals surface area contributed by atoms with Crippen molar-refractivity contribution in [2.45, 2.75) is 52.1 Å². The van der Waals surface area contributed by atoms with Crippen LogP contribution in [-0.4, -0.2) is 27.2 Å². The molecule has 19 heavy (non-hydrogen) atoms. The van der Waals surface area contributed by atoms with Gasteiger partial charge < -0.3 is 10.4 Å². The molecule has 4 nitrogen and oxygen atoms in total. The van der Waals surface area contributed by atoms with Crippen LogP contribution in [0.3, 0.4) is 0 Å². The summed E-state index contributed by atoms with van der Waals surface area (Å²) in [7, 11) is 0. The molecule has 1 saturated carbocycles. The molecule has 0 unspecified atom stereocenters. The number of rotatable bonds is 3. The third-order valence-electron chi connectivity index (χ3n) is 4.08. The number of aromatic nitrogens is 2. The molecule has 0 atom stereocenters. The van der Waals surface area contributed by atoms with Gasteiger partial charge in [0.1, 0.15) is 6.33 Å². The van der Waals surface area contributed by atoms with Crippen LogP contribution < -0.4 is 5.32 Å². The molecule has 0 radical (unpaired) electrons. The number of hydrogen-bond donors (Lipinski definition) is 2.